The number of hydrogen-bond acceptors (Lipinski definition) is 1. The van der Waals surface area contributed by atoms with Crippen molar-refractivity contribution in [3.05, 3.63) is 90.6 Å². The van der Waals surface area contributed by atoms with E-state index in [0.29, 0.717) is 0 Å². The highest BCUT2D eigenvalue weighted by molar-refractivity contribution is 6.07. The van der Waals surface area contributed by atoms with Crippen LogP contribution in [0.2, 0.25) is 0 Å². The van der Waals surface area contributed by atoms with Crippen LogP contribution >= 0.6 is 0 Å². The van der Waals surface area contributed by atoms with Crippen LogP contribution in [0.3, 0.4) is 0 Å². The zero-order valence-electron chi connectivity index (χ0n) is 16.5. The molecule has 0 amide bonds. The fraction of sp³-hybridized carbons (Fsp3) is 0.148. The predicted octanol–water partition coefficient (Wildman–Crippen LogP) is 7.51. The standard InChI is InChI=1S/C27H23N/c1-27(2,3)25-15-21(14-19-9-5-7-11-23(19)25)26-16-20-13-12-18-8-4-6-10-22(18)24(20)17-28-26/h4-17H,1-3H3. The SMILES string of the molecule is CC(C)(C)c1cc(-c2cc3ccc4ccccc4c3cn2)cc2ccccc12. The lowest BCUT2D eigenvalue weighted by Gasteiger charge is -2.22. The summed E-state index contributed by atoms with van der Waals surface area (Å²) in [5.74, 6) is 0. The summed E-state index contributed by atoms with van der Waals surface area (Å²) in [4.78, 5) is 4.86. The first kappa shape index (κ1) is 16.9. The quantitative estimate of drug-likeness (QED) is 0.282. The van der Waals surface area contributed by atoms with Crippen molar-refractivity contribution in [2.75, 3.05) is 0 Å². The molecule has 0 atom stereocenters. The van der Waals surface area contributed by atoms with E-state index in [9.17, 15) is 0 Å². The molecule has 0 fully saturated rings. The molecule has 1 aromatic heterocycles. The molecule has 0 saturated carbocycles. The summed E-state index contributed by atoms with van der Waals surface area (Å²) in [6.07, 6.45) is 2.03. The molecule has 0 saturated heterocycles. The minimum absolute atomic E-state index is 0.0721. The third-order valence-electron chi connectivity index (χ3n) is 5.59. The molecule has 136 valence electrons. The van der Waals surface area contributed by atoms with E-state index >= 15 is 0 Å². The van der Waals surface area contributed by atoms with Gasteiger partial charge in [0.15, 0.2) is 0 Å². The number of pyridine rings is 1. The Morgan fingerprint density at radius 3 is 2.04 bits per heavy atom. The van der Waals surface area contributed by atoms with Crippen LogP contribution in [0.25, 0.3) is 43.6 Å². The number of hydrogen-bond donors (Lipinski definition) is 0. The van der Waals surface area contributed by atoms with E-state index < -0.39 is 0 Å². The van der Waals surface area contributed by atoms with Crippen LogP contribution in [0.4, 0.5) is 0 Å². The Kier molecular flexibility index (Phi) is 3.73. The predicted molar refractivity (Wildman–Crippen MR) is 121 cm³/mol. The average molecular weight is 361 g/mol. The topological polar surface area (TPSA) is 12.9 Å². The Morgan fingerprint density at radius 2 is 1.25 bits per heavy atom. The Labute approximate surface area is 165 Å². The van der Waals surface area contributed by atoms with Gasteiger partial charge >= 0.3 is 0 Å². The van der Waals surface area contributed by atoms with Crippen LogP contribution < -0.4 is 0 Å². The van der Waals surface area contributed by atoms with Gasteiger partial charge in [-0.05, 0) is 56.1 Å². The van der Waals surface area contributed by atoms with E-state index in [-0.39, 0.29) is 5.41 Å². The number of fused-ring (bicyclic) bond motifs is 4. The van der Waals surface area contributed by atoms with Crippen molar-refractivity contribution in [3.8, 4) is 11.3 Å². The zero-order chi connectivity index (χ0) is 19.3. The summed E-state index contributed by atoms with van der Waals surface area (Å²) in [7, 11) is 0. The first-order chi connectivity index (χ1) is 13.5. The highest BCUT2D eigenvalue weighted by atomic mass is 14.7. The van der Waals surface area contributed by atoms with Crippen LogP contribution in [0.5, 0.6) is 0 Å². The van der Waals surface area contributed by atoms with E-state index in [4.69, 9.17) is 4.98 Å². The van der Waals surface area contributed by atoms with E-state index in [1.807, 2.05) is 6.20 Å². The lowest BCUT2D eigenvalue weighted by atomic mass is 9.82. The summed E-state index contributed by atoms with van der Waals surface area (Å²) >= 11 is 0. The van der Waals surface area contributed by atoms with Crippen LogP contribution in [0.1, 0.15) is 26.3 Å². The highest BCUT2D eigenvalue weighted by Crippen LogP contribution is 2.35. The summed E-state index contributed by atoms with van der Waals surface area (Å²) in [6.45, 7) is 6.83. The molecule has 1 heterocycles. The second-order valence-corrected chi connectivity index (χ2v) is 8.57. The molecule has 5 rings (SSSR count). The molecule has 1 nitrogen and oxygen atoms in total. The number of nitrogens with zero attached hydrogens (tertiary/aromatic N) is 1. The second kappa shape index (κ2) is 6.17. The molecule has 0 aliphatic heterocycles. The molecule has 28 heavy (non-hydrogen) atoms. The van der Waals surface area contributed by atoms with Gasteiger partial charge in [0, 0.05) is 17.1 Å². The maximum absolute atomic E-state index is 4.86. The molecular weight excluding hydrogens is 338 g/mol. The average Bonchev–Trinajstić information content (AvgIpc) is 2.71. The minimum atomic E-state index is 0.0721. The van der Waals surface area contributed by atoms with E-state index in [0.717, 1.165) is 5.69 Å². The largest absolute Gasteiger partial charge is 0.256 e. The second-order valence-electron chi connectivity index (χ2n) is 8.57. The third-order valence-corrected chi connectivity index (χ3v) is 5.59. The zero-order valence-corrected chi connectivity index (χ0v) is 16.5. The van der Waals surface area contributed by atoms with Gasteiger partial charge in [-0.2, -0.15) is 0 Å². The highest BCUT2D eigenvalue weighted by Gasteiger charge is 2.18. The molecule has 0 bridgehead atoms. The van der Waals surface area contributed by atoms with Crippen LogP contribution in [-0.2, 0) is 5.41 Å². The van der Waals surface area contributed by atoms with Crippen molar-refractivity contribution in [2.24, 2.45) is 0 Å². The van der Waals surface area contributed by atoms with Crippen molar-refractivity contribution in [3.63, 3.8) is 0 Å². The molecule has 0 radical (unpaired) electrons. The van der Waals surface area contributed by atoms with Gasteiger partial charge in [0.25, 0.3) is 0 Å². The van der Waals surface area contributed by atoms with Gasteiger partial charge in [0.1, 0.15) is 0 Å². The van der Waals surface area contributed by atoms with Crippen LogP contribution in [-0.4, -0.2) is 4.98 Å². The summed E-state index contributed by atoms with van der Waals surface area (Å²) < 4.78 is 0. The Balaban J connectivity index is 1.75. The molecule has 0 N–H and O–H groups in total. The molecule has 5 aromatic rings. The monoisotopic (exact) mass is 361 g/mol. The number of benzene rings is 4. The smallest absolute Gasteiger partial charge is 0.0708 e. The molecule has 0 unspecified atom stereocenters. The molecule has 4 aromatic carbocycles. The first-order valence-corrected chi connectivity index (χ1v) is 9.82. The van der Waals surface area contributed by atoms with Gasteiger partial charge < -0.3 is 0 Å². The number of aromatic nitrogens is 1. The van der Waals surface area contributed by atoms with Crippen LogP contribution in [0, 0.1) is 0 Å². The van der Waals surface area contributed by atoms with Gasteiger partial charge in [0.05, 0.1) is 5.69 Å². The minimum Gasteiger partial charge on any atom is -0.256 e. The van der Waals surface area contributed by atoms with Gasteiger partial charge in [-0.25, -0.2) is 0 Å². The van der Waals surface area contributed by atoms with E-state index in [1.165, 1.54) is 43.4 Å². The van der Waals surface area contributed by atoms with Crippen molar-refractivity contribution in [1.29, 1.82) is 0 Å². The third kappa shape index (κ3) is 2.75. The maximum Gasteiger partial charge on any atom is 0.0708 e. The van der Waals surface area contributed by atoms with Gasteiger partial charge in [-0.15, -0.1) is 0 Å². The first-order valence-electron chi connectivity index (χ1n) is 9.82. The van der Waals surface area contributed by atoms with Crippen molar-refractivity contribution < 1.29 is 0 Å². The van der Waals surface area contributed by atoms with E-state index in [2.05, 4.69) is 99.6 Å². The molecule has 0 aliphatic rings. The van der Waals surface area contributed by atoms with Crippen molar-refractivity contribution in [1.82, 2.24) is 4.98 Å². The molecule has 0 aliphatic carbocycles. The van der Waals surface area contributed by atoms with E-state index in [1.54, 1.807) is 0 Å². The van der Waals surface area contributed by atoms with Crippen LogP contribution in [0.15, 0.2) is 85.1 Å². The maximum atomic E-state index is 4.86. The summed E-state index contributed by atoms with van der Waals surface area (Å²) in [5.41, 5.74) is 3.64. The molecule has 1 heteroatoms. The van der Waals surface area contributed by atoms with Gasteiger partial charge in [-0.3, -0.25) is 4.98 Å². The van der Waals surface area contributed by atoms with Crippen molar-refractivity contribution >= 4 is 32.3 Å². The normalized spacial score (nSPS) is 12.1. The van der Waals surface area contributed by atoms with Gasteiger partial charge in [-0.1, -0.05) is 81.4 Å². The summed E-state index contributed by atoms with van der Waals surface area (Å²) in [5, 5.41) is 7.54. The fourth-order valence-corrected chi connectivity index (χ4v) is 4.14. The fourth-order valence-electron chi connectivity index (χ4n) is 4.14. The lowest BCUT2D eigenvalue weighted by molar-refractivity contribution is 0.596. The van der Waals surface area contributed by atoms with Crippen molar-refractivity contribution in [2.45, 2.75) is 26.2 Å². The van der Waals surface area contributed by atoms with Gasteiger partial charge in [0.2, 0.25) is 0 Å². The Morgan fingerprint density at radius 1 is 0.607 bits per heavy atom. The Bertz CT molecular complexity index is 1340. The number of rotatable bonds is 1. The molecule has 0 spiro atoms. The summed E-state index contributed by atoms with van der Waals surface area (Å²) in [6, 6.07) is 28.4. The Hall–Kier alpha value is -3.19. The lowest BCUT2D eigenvalue weighted by Crippen LogP contribution is -2.12. The molecular formula is C27H23N.